The van der Waals surface area contributed by atoms with Gasteiger partial charge in [-0.15, -0.1) is 0 Å². The first-order valence-corrected chi connectivity index (χ1v) is 10.4. The maximum atomic E-state index is 13.5. The molecular formula is C23H25ClFN5O2. The summed E-state index contributed by atoms with van der Waals surface area (Å²) in [6, 6.07) is 13.4. The first-order valence-electron chi connectivity index (χ1n) is 10.0. The molecule has 1 atom stereocenters. The normalized spacial score (nSPS) is 12.2. The van der Waals surface area contributed by atoms with Gasteiger partial charge in [0.05, 0.1) is 17.3 Å². The zero-order valence-electron chi connectivity index (χ0n) is 18.0. The van der Waals surface area contributed by atoms with E-state index < -0.39 is 17.4 Å². The number of carbonyl (C=O) groups excluding carboxylic acids is 1. The van der Waals surface area contributed by atoms with Crippen LogP contribution in [0.15, 0.2) is 60.8 Å². The minimum absolute atomic E-state index is 0.245. The van der Waals surface area contributed by atoms with Crippen molar-refractivity contribution in [2.24, 2.45) is 0 Å². The lowest BCUT2D eigenvalue weighted by molar-refractivity contribution is 0.0646. The molecule has 2 aromatic carbocycles. The largest absolute Gasteiger partial charge is 0.388 e. The molecule has 3 rings (SSSR count). The highest BCUT2D eigenvalue weighted by molar-refractivity contribution is 6.30. The van der Waals surface area contributed by atoms with Crippen LogP contribution in [-0.4, -0.2) is 32.7 Å². The summed E-state index contributed by atoms with van der Waals surface area (Å²) in [5, 5.41) is 16.7. The Hall–Kier alpha value is -3.23. The Morgan fingerprint density at radius 3 is 2.44 bits per heavy atom. The summed E-state index contributed by atoms with van der Waals surface area (Å²) in [7, 11) is 0. The van der Waals surface area contributed by atoms with Gasteiger partial charge in [0, 0.05) is 23.8 Å². The van der Waals surface area contributed by atoms with E-state index in [4.69, 9.17) is 11.6 Å². The zero-order chi connectivity index (χ0) is 23.3. The smallest absolute Gasteiger partial charge is 0.327 e. The van der Waals surface area contributed by atoms with E-state index in [1.54, 1.807) is 39.0 Å². The second-order valence-electron chi connectivity index (χ2n) is 7.86. The van der Waals surface area contributed by atoms with Crippen molar-refractivity contribution >= 4 is 35.1 Å². The summed E-state index contributed by atoms with van der Waals surface area (Å²) < 4.78 is 13.5. The molecule has 0 saturated carbocycles. The molecule has 0 aliphatic rings. The highest BCUT2D eigenvalue weighted by Crippen LogP contribution is 2.25. The number of hydrogen-bond donors (Lipinski definition) is 3. The van der Waals surface area contributed by atoms with Gasteiger partial charge in [-0.25, -0.2) is 19.1 Å². The lowest BCUT2D eigenvalue weighted by Gasteiger charge is -2.27. The molecule has 168 valence electrons. The molecule has 0 radical (unpaired) electrons. The van der Waals surface area contributed by atoms with Gasteiger partial charge in [0.25, 0.3) is 0 Å². The molecule has 0 saturated heterocycles. The van der Waals surface area contributed by atoms with Gasteiger partial charge in [0.2, 0.25) is 5.95 Å². The summed E-state index contributed by atoms with van der Waals surface area (Å²) in [4.78, 5) is 23.1. The fraction of sp³-hybridized carbons (Fsp3) is 0.261. The molecule has 3 N–H and O–H groups in total. The van der Waals surface area contributed by atoms with Crippen molar-refractivity contribution in [1.82, 2.24) is 15.3 Å². The summed E-state index contributed by atoms with van der Waals surface area (Å²) in [5.41, 5.74) is 0.289. The lowest BCUT2D eigenvalue weighted by Crippen LogP contribution is -2.40. The average molecular weight is 458 g/mol. The van der Waals surface area contributed by atoms with Crippen molar-refractivity contribution in [3.63, 3.8) is 0 Å². The zero-order valence-corrected chi connectivity index (χ0v) is 18.8. The molecule has 32 heavy (non-hydrogen) atoms. The predicted molar refractivity (Wildman–Crippen MR) is 124 cm³/mol. The molecule has 0 aliphatic heterocycles. The van der Waals surface area contributed by atoms with Crippen molar-refractivity contribution in [3.8, 4) is 0 Å². The van der Waals surface area contributed by atoms with E-state index >= 15 is 0 Å². The standard InChI is InChI=1S/C23H25ClFN5O2/c1-15(23(2,3)32)28-21-26-13-12-20(29-21)30(19-10-8-18(25)9-11-19)22(31)27-14-16-4-6-17(24)7-5-16/h4-13,15,32H,14H2,1-3H3,(H,27,31)(H,26,28,29)/t15-/m0/s1. The van der Waals surface area contributed by atoms with Gasteiger partial charge in [0.1, 0.15) is 11.6 Å². The van der Waals surface area contributed by atoms with Crippen molar-refractivity contribution in [2.75, 3.05) is 10.2 Å². The van der Waals surface area contributed by atoms with E-state index in [1.807, 2.05) is 12.1 Å². The fourth-order valence-electron chi connectivity index (χ4n) is 2.72. The third kappa shape index (κ3) is 6.15. The van der Waals surface area contributed by atoms with Crippen molar-refractivity contribution < 1.29 is 14.3 Å². The van der Waals surface area contributed by atoms with E-state index in [9.17, 15) is 14.3 Å². The van der Waals surface area contributed by atoms with E-state index in [0.717, 1.165) is 5.56 Å². The Bertz CT molecular complexity index is 1060. The number of rotatable bonds is 7. The third-order valence-corrected chi connectivity index (χ3v) is 5.17. The fourth-order valence-corrected chi connectivity index (χ4v) is 2.84. The number of anilines is 3. The average Bonchev–Trinajstić information content (AvgIpc) is 2.74. The van der Waals surface area contributed by atoms with Gasteiger partial charge in [-0.2, -0.15) is 4.98 Å². The molecule has 1 heterocycles. The lowest BCUT2D eigenvalue weighted by atomic mass is 10.0. The summed E-state index contributed by atoms with van der Waals surface area (Å²) in [6.07, 6.45) is 1.50. The monoisotopic (exact) mass is 457 g/mol. The van der Waals surface area contributed by atoms with Gasteiger partial charge < -0.3 is 15.7 Å². The Labute approximate surface area is 191 Å². The Kier molecular flexibility index (Phi) is 7.27. The van der Waals surface area contributed by atoms with E-state index in [2.05, 4.69) is 20.6 Å². The van der Waals surface area contributed by atoms with Crippen molar-refractivity contribution in [2.45, 2.75) is 39.0 Å². The molecule has 1 aromatic heterocycles. The number of nitrogens with zero attached hydrogens (tertiary/aromatic N) is 3. The maximum Gasteiger partial charge on any atom is 0.327 e. The van der Waals surface area contributed by atoms with Crippen LogP contribution in [0, 0.1) is 5.82 Å². The number of amides is 2. The number of aromatic nitrogens is 2. The van der Waals surface area contributed by atoms with Crippen LogP contribution in [0.25, 0.3) is 0 Å². The maximum absolute atomic E-state index is 13.5. The molecular weight excluding hydrogens is 433 g/mol. The van der Waals surface area contributed by atoms with Crippen LogP contribution in [0.4, 0.5) is 26.6 Å². The minimum Gasteiger partial charge on any atom is -0.388 e. The third-order valence-electron chi connectivity index (χ3n) is 4.92. The Morgan fingerprint density at radius 1 is 1.16 bits per heavy atom. The van der Waals surface area contributed by atoms with Crippen LogP contribution in [0.3, 0.4) is 0 Å². The van der Waals surface area contributed by atoms with Crippen LogP contribution in [0.5, 0.6) is 0 Å². The number of urea groups is 1. The number of nitrogens with one attached hydrogen (secondary N) is 2. The number of benzene rings is 2. The molecule has 0 bridgehead atoms. The van der Waals surface area contributed by atoms with E-state index in [-0.39, 0.29) is 24.4 Å². The van der Waals surface area contributed by atoms with Crippen molar-refractivity contribution in [1.29, 1.82) is 0 Å². The van der Waals surface area contributed by atoms with Crippen LogP contribution in [-0.2, 0) is 6.54 Å². The van der Waals surface area contributed by atoms with Gasteiger partial charge in [-0.05, 0) is 62.7 Å². The Morgan fingerprint density at radius 2 is 1.81 bits per heavy atom. The molecule has 9 heteroatoms. The molecule has 2 amide bonds. The van der Waals surface area contributed by atoms with Gasteiger partial charge in [-0.1, -0.05) is 23.7 Å². The molecule has 0 unspecified atom stereocenters. The number of hydrogen-bond acceptors (Lipinski definition) is 5. The van der Waals surface area contributed by atoms with Crippen molar-refractivity contribution in [3.05, 3.63) is 77.2 Å². The van der Waals surface area contributed by atoms with Crippen LogP contribution >= 0.6 is 11.6 Å². The highest BCUT2D eigenvalue weighted by Gasteiger charge is 2.24. The SMILES string of the molecule is C[C@H](Nc1nccc(N(C(=O)NCc2ccc(Cl)cc2)c2ccc(F)cc2)n1)C(C)(C)O. The van der Waals surface area contributed by atoms with Gasteiger partial charge in [-0.3, -0.25) is 0 Å². The van der Waals surface area contributed by atoms with Crippen LogP contribution < -0.4 is 15.5 Å². The summed E-state index contributed by atoms with van der Waals surface area (Å²) in [5.74, 6) is 0.111. The van der Waals surface area contributed by atoms with Gasteiger partial charge in [0.15, 0.2) is 0 Å². The van der Waals surface area contributed by atoms with Crippen LogP contribution in [0.2, 0.25) is 5.02 Å². The minimum atomic E-state index is -1.01. The molecule has 0 aliphatic carbocycles. The number of carbonyl (C=O) groups is 1. The van der Waals surface area contributed by atoms with Gasteiger partial charge >= 0.3 is 6.03 Å². The quantitative estimate of drug-likeness (QED) is 0.470. The predicted octanol–water partition coefficient (Wildman–Crippen LogP) is 4.89. The Balaban J connectivity index is 1.87. The molecule has 0 fully saturated rings. The summed E-state index contributed by atoms with van der Waals surface area (Å²) >= 11 is 5.91. The topological polar surface area (TPSA) is 90.4 Å². The van der Waals surface area contributed by atoms with E-state index in [1.165, 1.54) is 35.4 Å². The molecule has 7 nitrogen and oxygen atoms in total. The van der Waals surface area contributed by atoms with Crippen LogP contribution in [0.1, 0.15) is 26.3 Å². The number of halogens is 2. The first kappa shape index (κ1) is 23.4. The second kappa shape index (κ2) is 9.93. The first-order chi connectivity index (χ1) is 15.1. The summed E-state index contributed by atoms with van der Waals surface area (Å²) in [6.45, 7) is 5.40. The van der Waals surface area contributed by atoms with E-state index in [0.29, 0.717) is 10.7 Å². The molecule has 0 spiro atoms. The number of aliphatic hydroxyl groups is 1. The molecule has 3 aromatic rings. The second-order valence-corrected chi connectivity index (χ2v) is 8.29. The highest BCUT2D eigenvalue weighted by atomic mass is 35.5.